The molecule has 0 aromatic rings. The van der Waals surface area contributed by atoms with Gasteiger partial charge >= 0.3 is 5.97 Å². The average Bonchev–Trinajstić information content (AvgIpc) is 2.68. The van der Waals surface area contributed by atoms with E-state index >= 15 is 0 Å². The van der Waals surface area contributed by atoms with Gasteiger partial charge in [-0.05, 0) is 36.3 Å². The molecule has 0 aliphatic rings. The van der Waals surface area contributed by atoms with E-state index in [1.165, 1.54) is 23.9 Å². The summed E-state index contributed by atoms with van der Waals surface area (Å²) in [5, 5.41) is 17.1. The molecule has 3 amide bonds. The van der Waals surface area contributed by atoms with Crippen LogP contribution in [-0.2, 0) is 19.2 Å². The number of aliphatic carboxylic acids is 1. The molecule has 168 valence electrons. The van der Waals surface area contributed by atoms with Crippen LogP contribution >= 0.6 is 11.8 Å². The maximum absolute atomic E-state index is 12.8. The van der Waals surface area contributed by atoms with Gasteiger partial charge in [0.2, 0.25) is 18.2 Å². The van der Waals surface area contributed by atoms with Crippen LogP contribution in [0.5, 0.6) is 0 Å². The van der Waals surface area contributed by atoms with Crippen LogP contribution in [-0.4, -0.2) is 59.4 Å². The number of hydrogen-bond donors (Lipinski definition) is 4. The summed E-state index contributed by atoms with van der Waals surface area (Å²) in [6.07, 6.45) is 7.71. The smallest absolute Gasteiger partial charge is 0.326 e. The standard InChI is InChI=1S/C21H33N3O5S/c1-6-8-15(7-2)12-18(21(28)29)24-20(27)17(11-14(3)4)23-19(26)16(22-13-25)9-10-30-5/h6-8,13-14,16-18H,1-2,9-12H2,3-5H3,(H,22,25)(H,23,26)(H,24,27)(H,28,29)/b15-8+. The van der Waals surface area contributed by atoms with E-state index in [0.29, 0.717) is 30.6 Å². The Labute approximate surface area is 182 Å². The Morgan fingerprint density at radius 2 is 1.67 bits per heavy atom. The molecule has 0 heterocycles. The van der Waals surface area contributed by atoms with Crippen molar-refractivity contribution >= 4 is 36.0 Å². The molecule has 0 aromatic heterocycles. The molecule has 9 heteroatoms. The van der Waals surface area contributed by atoms with E-state index < -0.39 is 35.9 Å². The van der Waals surface area contributed by atoms with Gasteiger partial charge in [0, 0.05) is 6.42 Å². The van der Waals surface area contributed by atoms with Crippen LogP contribution in [0.4, 0.5) is 0 Å². The second-order valence-corrected chi connectivity index (χ2v) is 8.08. The van der Waals surface area contributed by atoms with Crippen LogP contribution in [0, 0.1) is 5.92 Å². The number of carbonyl (C=O) groups excluding carboxylic acids is 3. The van der Waals surface area contributed by atoms with E-state index in [4.69, 9.17) is 0 Å². The number of nitrogens with one attached hydrogen (secondary N) is 3. The Morgan fingerprint density at radius 3 is 2.13 bits per heavy atom. The lowest BCUT2D eigenvalue weighted by atomic mass is 10.0. The summed E-state index contributed by atoms with van der Waals surface area (Å²) >= 11 is 1.53. The minimum Gasteiger partial charge on any atom is -0.480 e. The predicted molar refractivity (Wildman–Crippen MR) is 120 cm³/mol. The molecule has 0 radical (unpaired) electrons. The van der Waals surface area contributed by atoms with Crippen molar-refractivity contribution in [1.29, 1.82) is 0 Å². The van der Waals surface area contributed by atoms with E-state index in [-0.39, 0.29) is 12.3 Å². The van der Waals surface area contributed by atoms with Crippen LogP contribution in [0.15, 0.2) is 37.0 Å². The minimum atomic E-state index is -1.20. The van der Waals surface area contributed by atoms with E-state index in [1.54, 1.807) is 6.08 Å². The van der Waals surface area contributed by atoms with Gasteiger partial charge in [0.05, 0.1) is 0 Å². The second-order valence-electron chi connectivity index (χ2n) is 7.09. The first-order chi connectivity index (χ1) is 14.2. The molecule has 3 unspecified atom stereocenters. The summed E-state index contributed by atoms with van der Waals surface area (Å²) in [7, 11) is 0. The van der Waals surface area contributed by atoms with Crippen molar-refractivity contribution in [1.82, 2.24) is 16.0 Å². The van der Waals surface area contributed by atoms with Crippen LogP contribution in [0.25, 0.3) is 0 Å². The van der Waals surface area contributed by atoms with Gasteiger partial charge in [0.15, 0.2) is 0 Å². The Kier molecular flexibility index (Phi) is 14.0. The molecule has 0 bridgehead atoms. The number of thioether (sulfide) groups is 1. The van der Waals surface area contributed by atoms with Gasteiger partial charge in [-0.2, -0.15) is 11.8 Å². The number of carboxylic acid groups (broad SMARTS) is 1. The van der Waals surface area contributed by atoms with Gasteiger partial charge in [-0.25, -0.2) is 4.79 Å². The van der Waals surface area contributed by atoms with Gasteiger partial charge < -0.3 is 21.1 Å². The second kappa shape index (κ2) is 15.3. The van der Waals surface area contributed by atoms with E-state index in [9.17, 15) is 24.3 Å². The SMILES string of the molecule is C=C/C=C(\C=C)CC(NC(=O)C(CC(C)C)NC(=O)C(CCSC)NC=O)C(=O)O. The molecule has 0 aliphatic heterocycles. The van der Waals surface area contributed by atoms with Gasteiger partial charge in [-0.3, -0.25) is 14.4 Å². The Bertz CT molecular complexity index is 649. The molecule has 0 rings (SSSR count). The Hall–Kier alpha value is -2.55. The molecule has 0 spiro atoms. The van der Waals surface area contributed by atoms with E-state index in [1.807, 2.05) is 20.1 Å². The van der Waals surface area contributed by atoms with Crippen molar-refractivity contribution in [3.8, 4) is 0 Å². The average molecular weight is 440 g/mol. The number of carbonyl (C=O) groups is 4. The highest BCUT2D eigenvalue weighted by Crippen LogP contribution is 2.11. The molecule has 8 nitrogen and oxygen atoms in total. The number of amides is 3. The summed E-state index contributed by atoms with van der Waals surface area (Å²) < 4.78 is 0. The fourth-order valence-corrected chi connectivity index (χ4v) is 3.13. The fourth-order valence-electron chi connectivity index (χ4n) is 2.66. The zero-order chi connectivity index (χ0) is 23.1. The van der Waals surface area contributed by atoms with Gasteiger partial charge in [0.25, 0.3) is 0 Å². The largest absolute Gasteiger partial charge is 0.480 e. The zero-order valence-electron chi connectivity index (χ0n) is 17.8. The highest BCUT2D eigenvalue weighted by molar-refractivity contribution is 7.98. The molecule has 0 aromatic carbocycles. The molecular formula is C21H33N3O5S. The minimum absolute atomic E-state index is 0.0297. The van der Waals surface area contributed by atoms with Crippen LogP contribution in [0.1, 0.15) is 33.1 Å². The lowest BCUT2D eigenvalue weighted by Crippen LogP contribution is -2.55. The first kappa shape index (κ1) is 27.5. The molecule has 4 N–H and O–H groups in total. The molecule has 0 saturated carbocycles. The van der Waals surface area contributed by atoms with E-state index in [0.717, 1.165) is 0 Å². The lowest BCUT2D eigenvalue weighted by Gasteiger charge is -2.25. The maximum atomic E-state index is 12.8. The summed E-state index contributed by atoms with van der Waals surface area (Å²) in [6.45, 7) is 11.0. The monoisotopic (exact) mass is 439 g/mol. The fraction of sp³-hybridized carbons (Fsp3) is 0.524. The van der Waals surface area contributed by atoms with Crippen molar-refractivity contribution < 1.29 is 24.3 Å². The third kappa shape index (κ3) is 10.8. The summed E-state index contributed by atoms with van der Waals surface area (Å²) in [4.78, 5) is 47.8. The van der Waals surface area contributed by atoms with Crippen molar-refractivity contribution in [3.05, 3.63) is 37.0 Å². The number of rotatable bonds is 16. The van der Waals surface area contributed by atoms with Crippen LogP contribution in [0.2, 0.25) is 0 Å². The Morgan fingerprint density at radius 1 is 1.07 bits per heavy atom. The Balaban J connectivity index is 5.39. The van der Waals surface area contributed by atoms with Crippen LogP contribution < -0.4 is 16.0 Å². The summed E-state index contributed by atoms with van der Waals surface area (Å²) in [5.41, 5.74) is 0.606. The highest BCUT2D eigenvalue weighted by Gasteiger charge is 2.29. The predicted octanol–water partition coefficient (Wildman–Crippen LogP) is 1.64. The zero-order valence-corrected chi connectivity index (χ0v) is 18.7. The first-order valence-corrected chi connectivity index (χ1v) is 11.1. The summed E-state index contributed by atoms with van der Waals surface area (Å²) in [6, 6.07) is -2.88. The number of carboxylic acids is 1. The van der Waals surface area contributed by atoms with Crippen LogP contribution in [0.3, 0.4) is 0 Å². The van der Waals surface area contributed by atoms with Crippen molar-refractivity contribution in [2.75, 3.05) is 12.0 Å². The van der Waals surface area contributed by atoms with Gasteiger partial charge in [-0.15, -0.1) is 0 Å². The number of allylic oxidation sites excluding steroid dienone is 3. The molecule has 0 saturated heterocycles. The highest BCUT2D eigenvalue weighted by atomic mass is 32.2. The molecule has 0 aliphatic carbocycles. The molecular weight excluding hydrogens is 406 g/mol. The molecule has 3 atom stereocenters. The van der Waals surface area contributed by atoms with Crippen molar-refractivity contribution in [3.63, 3.8) is 0 Å². The third-order valence-electron chi connectivity index (χ3n) is 4.18. The number of hydrogen-bond acceptors (Lipinski definition) is 5. The summed E-state index contributed by atoms with van der Waals surface area (Å²) in [5.74, 6) is -1.56. The normalized spacial score (nSPS) is 14.2. The molecule has 0 fully saturated rings. The topological polar surface area (TPSA) is 125 Å². The third-order valence-corrected chi connectivity index (χ3v) is 4.83. The molecule has 30 heavy (non-hydrogen) atoms. The quantitative estimate of drug-likeness (QED) is 0.214. The van der Waals surface area contributed by atoms with Crippen molar-refractivity contribution in [2.24, 2.45) is 5.92 Å². The van der Waals surface area contributed by atoms with Gasteiger partial charge in [0.1, 0.15) is 18.1 Å². The van der Waals surface area contributed by atoms with Gasteiger partial charge in [-0.1, -0.05) is 45.2 Å². The van der Waals surface area contributed by atoms with Crippen molar-refractivity contribution in [2.45, 2.75) is 51.2 Å². The lowest BCUT2D eigenvalue weighted by molar-refractivity contribution is -0.142. The van der Waals surface area contributed by atoms with E-state index in [2.05, 4.69) is 29.1 Å². The maximum Gasteiger partial charge on any atom is 0.326 e. The first-order valence-electron chi connectivity index (χ1n) is 9.66.